The molecule has 2 aliphatic heterocycles. The first kappa shape index (κ1) is 34.3. The molecule has 0 saturated carbocycles. The van der Waals surface area contributed by atoms with Gasteiger partial charge in [-0.1, -0.05) is 0 Å². The van der Waals surface area contributed by atoms with Crippen LogP contribution in [-0.4, -0.2) is 101 Å². The van der Waals surface area contributed by atoms with Gasteiger partial charge in [0.05, 0.1) is 40.8 Å². The number of fused-ring (bicyclic) bond motifs is 3. The third-order valence-electron chi connectivity index (χ3n) is 8.91. The molecule has 1 saturated heterocycles. The lowest BCUT2D eigenvalue weighted by Crippen LogP contribution is -2.53. The van der Waals surface area contributed by atoms with Crippen molar-refractivity contribution in [2.45, 2.75) is 37.0 Å². The number of hydrogen-bond donors (Lipinski definition) is 1. The largest absolute Gasteiger partial charge is 0.422 e. The van der Waals surface area contributed by atoms with Crippen LogP contribution in [0.4, 0.5) is 18.9 Å². The molecule has 1 unspecified atom stereocenters. The second-order valence-corrected chi connectivity index (χ2v) is 14.1. The summed E-state index contributed by atoms with van der Waals surface area (Å²) in [5, 5.41) is 0.694. The van der Waals surface area contributed by atoms with Gasteiger partial charge in [0.2, 0.25) is 10.0 Å². The predicted octanol–water partition coefficient (Wildman–Crippen LogP) is 2.43. The number of rotatable bonds is 7. The minimum atomic E-state index is -5.21. The van der Waals surface area contributed by atoms with Gasteiger partial charge in [0.1, 0.15) is 5.58 Å². The van der Waals surface area contributed by atoms with Gasteiger partial charge in [-0.3, -0.25) is 14.5 Å². The van der Waals surface area contributed by atoms with Crippen molar-refractivity contribution in [2.75, 3.05) is 65.9 Å². The number of amides is 2. The van der Waals surface area contributed by atoms with Crippen LogP contribution in [0, 0.1) is 6.92 Å². The molecule has 12 nitrogen and oxygen atoms in total. The molecule has 0 aliphatic carbocycles. The van der Waals surface area contributed by atoms with Crippen molar-refractivity contribution < 1.29 is 40.3 Å². The van der Waals surface area contributed by atoms with Gasteiger partial charge in [0, 0.05) is 69.6 Å². The van der Waals surface area contributed by atoms with Crippen LogP contribution in [0.25, 0.3) is 11.0 Å². The van der Waals surface area contributed by atoms with Crippen molar-refractivity contribution in [3.8, 4) is 0 Å². The second-order valence-electron chi connectivity index (χ2n) is 12.0. The molecule has 0 radical (unpaired) electrons. The van der Waals surface area contributed by atoms with Crippen LogP contribution >= 0.6 is 0 Å². The van der Waals surface area contributed by atoms with Gasteiger partial charge in [-0.15, -0.1) is 0 Å². The number of likely N-dealkylation sites (N-methyl/N-ethyl adjacent to an activating group) is 1. The molecule has 0 spiro atoms. The lowest BCUT2D eigenvalue weighted by Gasteiger charge is -2.41. The number of ether oxygens (including phenoxy) is 1. The van der Waals surface area contributed by atoms with Gasteiger partial charge in [-0.25, -0.2) is 17.5 Å². The molecule has 1 atom stereocenters. The molecular weight excluding hydrogens is 643 g/mol. The summed E-state index contributed by atoms with van der Waals surface area (Å²) in [6.45, 7) is 4.50. The molecule has 2 N–H and O–H groups in total. The fourth-order valence-electron chi connectivity index (χ4n) is 6.31. The Morgan fingerprint density at radius 2 is 1.83 bits per heavy atom. The zero-order valence-electron chi connectivity index (χ0n) is 26.6. The maximum Gasteiger partial charge on any atom is 0.417 e. The molecule has 2 aliphatic rings. The third-order valence-corrected chi connectivity index (χ3v) is 10.8. The number of anilines is 1. The second kappa shape index (κ2) is 12.6. The Labute approximate surface area is 269 Å². The smallest absolute Gasteiger partial charge is 0.417 e. The number of carbonyl (C=O) groups excluding carboxylic acids is 2. The fraction of sp³-hybridized carbons (Fsp3) is 0.452. The first-order chi connectivity index (χ1) is 22.0. The standard InChI is InChI=1S/C31H36F3N5O7S/c1-17-24(38-11-10-37(4)19(14-38)16-45-5)7-6-21-20-8-9-39(15-22(20)30(42)46-27(17)21)29(41)18-12-23(31(32,33)34)26(28(35)40)25(13-18)47(43,44)36(2)3/h6-7,12-13,19H,8-11,14-16H2,1-5H3,(H2,35,40). The highest BCUT2D eigenvalue weighted by molar-refractivity contribution is 7.89. The number of benzene rings is 2. The Morgan fingerprint density at radius 1 is 1.13 bits per heavy atom. The summed E-state index contributed by atoms with van der Waals surface area (Å²) in [4.78, 5) is 43.7. The minimum absolute atomic E-state index is 0.0248. The van der Waals surface area contributed by atoms with Crippen molar-refractivity contribution in [2.24, 2.45) is 5.73 Å². The molecule has 1 aromatic heterocycles. The van der Waals surface area contributed by atoms with Crippen LogP contribution in [0.3, 0.4) is 0 Å². The normalized spacial score (nSPS) is 17.8. The van der Waals surface area contributed by atoms with E-state index in [9.17, 15) is 36.0 Å². The molecule has 0 bridgehead atoms. The van der Waals surface area contributed by atoms with Gasteiger partial charge < -0.3 is 24.7 Å². The van der Waals surface area contributed by atoms with Gasteiger partial charge in [0.15, 0.2) is 0 Å². The Morgan fingerprint density at radius 3 is 2.45 bits per heavy atom. The molecule has 16 heteroatoms. The summed E-state index contributed by atoms with van der Waals surface area (Å²) in [6.07, 6.45) is -5.02. The number of piperazine rings is 1. The van der Waals surface area contributed by atoms with E-state index in [2.05, 4.69) is 9.80 Å². The average Bonchev–Trinajstić information content (AvgIpc) is 3.01. The molecule has 2 aromatic carbocycles. The quantitative estimate of drug-likeness (QED) is 0.372. The van der Waals surface area contributed by atoms with Crippen molar-refractivity contribution in [1.82, 2.24) is 14.1 Å². The van der Waals surface area contributed by atoms with Crippen LogP contribution in [0.15, 0.2) is 38.4 Å². The van der Waals surface area contributed by atoms with E-state index < -0.39 is 55.2 Å². The van der Waals surface area contributed by atoms with Crippen LogP contribution in [0.1, 0.15) is 43.0 Å². The van der Waals surface area contributed by atoms with Gasteiger partial charge in [-0.05, 0) is 50.2 Å². The number of alkyl halides is 3. The van der Waals surface area contributed by atoms with Gasteiger partial charge >= 0.3 is 11.8 Å². The summed E-state index contributed by atoms with van der Waals surface area (Å²) >= 11 is 0. The number of nitrogens with two attached hydrogens (primary N) is 1. The zero-order chi connectivity index (χ0) is 34.6. The van der Waals surface area contributed by atoms with Crippen LogP contribution in [-0.2, 0) is 33.9 Å². The maximum absolute atomic E-state index is 14.1. The van der Waals surface area contributed by atoms with Crippen LogP contribution < -0.4 is 16.3 Å². The highest BCUT2D eigenvalue weighted by atomic mass is 32.2. The first-order valence-corrected chi connectivity index (χ1v) is 16.2. The number of halogens is 3. The Kier molecular flexibility index (Phi) is 9.18. The monoisotopic (exact) mass is 679 g/mol. The van der Waals surface area contributed by atoms with E-state index in [0.29, 0.717) is 39.6 Å². The Hall–Kier alpha value is -3.99. The fourth-order valence-corrected chi connectivity index (χ4v) is 7.44. The number of methoxy groups -OCH3 is 1. The maximum atomic E-state index is 14.1. The number of nitrogens with zero attached hydrogens (tertiary/aromatic N) is 4. The number of hydrogen-bond acceptors (Lipinski definition) is 9. The van der Waals surface area contributed by atoms with E-state index in [1.165, 1.54) is 0 Å². The van der Waals surface area contributed by atoms with Gasteiger partial charge in [-0.2, -0.15) is 13.2 Å². The van der Waals surface area contributed by atoms with Crippen molar-refractivity contribution >= 4 is 38.5 Å². The average molecular weight is 680 g/mol. The van der Waals surface area contributed by atoms with Crippen LogP contribution in [0.5, 0.6) is 0 Å². The predicted molar refractivity (Wildman–Crippen MR) is 167 cm³/mol. The molecule has 254 valence electrons. The molecule has 1 fully saturated rings. The number of carbonyl (C=O) groups is 2. The number of aryl methyl sites for hydroxylation is 1. The first-order valence-electron chi connectivity index (χ1n) is 14.8. The van der Waals surface area contributed by atoms with E-state index in [-0.39, 0.29) is 31.1 Å². The third kappa shape index (κ3) is 6.22. The topological polar surface area (TPSA) is 147 Å². The molecular formula is C31H36F3N5O7S. The molecule has 5 rings (SSSR count). The summed E-state index contributed by atoms with van der Waals surface area (Å²) in [5.74, 6) is -2.58. The highest BCUT2D eigenvalue weighted by Gasteiger charge is 2.41. The number of primary amides is 1. The minimum Gasteiger partial charge on any atom is -0.422 e. The number of sulfonamides is 1. The van der Waals surface area contributed by atoms with E-state index in [1.54, 1.807) is 7.11 Å². The van der Waals surface area contributed by atoms with Crippen molar-refractivity contribution in [3.05, 3.63) is 68.1 Å². The Balaban J connectivity index is 1.52. The highest BCUT2D eigenvalue weighted by Crippen LogP contribution is 2.38. The summed E-state index contributed by atoms with van der Waals surface area (Å²) in [5.41, 5.74) is 3.95. The lowest BCUT2D eigenvalue weighted by molar-refractivity contribution is -0.138. The van der Waals surface area contributed by atoms with E-state index in [0.717, 1.165) is 49.9 Å². The van der Waals surface area contributed by atoms with Gasteiger partial charge in [0.25, 0.3) is 11.8 Å². The summed E-state index contributed by atoms with van der Waals surface area (Å²) in [7, 11) is 1.20. The van der Waals surface area contributed by atoms with Crippen LogP contribution in [0.2, 0.25) is 0 Å². The lowest BCUT2D eigenvalue weighted by atomic mass is 9.94. The summed E-state index contributed by atoms with van der Waals surface area (Å²) in [6, 6.07) is 5.15. The van der Waals surface area contributed by atoms with E-state index in [4.69, 9.17) is 14.9 Å². The molecule has 47 heavy (non-hydrogen) atoms. The van der Waals surface area contributed by atoms with E-state index in [1.807, 2.05) is 26.1 Å². The summed E-state index contributed by atoms with van der Waals surface area (Å²) < 4.78 is 80.1. The van der Waals surface area contributed by atoms with Crippen molar-refractivity contribution in [3.63, 3.8) is 0 Å². The zero-order valence-corrected chi connectivity index (χ0v) is 27.4. The van der Waals surface area contributed by atoms with Crippen molar-refractivity contribution in [1.29, 1.82) is 0 Å². The Bertz CT molecular complexity index is 1930. The SMILES string of the molecule is COCC1CN(c2ccc3c4c(c(=O)oc3c2C)CN(C(=O)c2cc(C(F)(F)F)c(C(N)=O)c(S(=O)(=O)N(C)C)c2)CC4)CCN1C. The van der Waals surface area contributed by atoms with E-state index >= 15 is 0 Å². The molecule has 3 aromatic rings. The molecule has 2 amide bonds. The molecule has 3 heterocycles.